The molecule has 2 aliphatic heterocycles. The Labute approximate surface area is 202 Å². The molecular weight excluding hydrogens is 457 g/mol. The number of nitrogens with one attached hydrogen (secondary N) is 2. The molecule has 5 nitrogen and oxygen atoms in total. The number of benzene rings is 3. The lowest BCUT2D eigenvalue weighted by atomic mass is 9.94. The maximum Gasteiger partial charge on any atom is 0.258 e. The van der Waals surface area contributed by atoms with Gasteiger partial charge in [0.05, 0.1) is 16.1 Å². The topological polar surface area (TPSA) is 71.4 Å². The molecule has 0 saturated carbocycles. The highest BCUT2D eigenvalue weighted by Crippen LogP contribution is 2.44. The van der Waals surface area contributed by atoms with Crippen molar-refractivity contribution >= 4 is 46.4 Å². The van der Waals surface area contributed by atoms with E-state index in [-0.39, 0.29) is 17.4 Å². The Morgan fingerprint density at radius 3 is 2.55 bits per heavy atom. The van der Waals surface area contributed by atoms with Crippen molar-refractivity contribution in [3.63, 3.8) is 0 Å². The zero-order valence-corrected chi connectivity index (χ0v) is 19.6. The summed E-state index contributed by atoms with van der Waals surface area (Å²) < 4.78 is 0. The van der Waals surface area contributed by atoms with Crippen LogP contribution in [0.3, 0.4) is 0 Å². The minimum Gasteiger partial charge on any atom is -0.322 e. The first-order valence-electron chi connectivity index (χ1n) is 10.9. The summed E-state index contributed by atoms with van der Waals surface area (Å²) >= 11 is 12.4. The fourth-order valence-corrected chi connectivity index (χ4v) is 4.97. The van der Waals surface area contributed by atoms with E-state index in [4.69, 9.17) is 23.2 Å². The molecule has 1 unspecified atom stereocenters. The molecule has 2 heterocycles. The third-order valence-electron chi connectivity index (χ3n) is 6.43. The number of hydrogen-bond acceptors (Lipinski definition) is 3. The van der Waals surface area contributed by atoms with E-state index >= 15 is 0 Å². The van der Waals surface area contributed by atoms with Crippen LogP contribution in [0.25, 0.3) is 0 Å². The van der Waals surface area contributed by atoms with Gasteiger partial charge in [-0.3, -0.25) is 9.59 Å². The van der Waals surface area contributed by atoms with Gasteiger partial charge >= 0.3 is 0 Å². The Bertz CT molecular complexity index is 1270. The number of aryl methyl sites for hydroxylation is 1. The highest BCUT2D eigenvalue weighted by atomic mass is 35.5. The van der Waals surface area contributed by atoms with E-state index in [9.17, 15) is 9.59 Å². The first kappa shape index (κ1) is 22.0. The zero-order chi connectivity index (χ0) is 23.2. The van der Waals surface area contributed by atoms with E-state index in [1.165, 1.54) is 0 Å². The molecule has 1 saturated heterocycles. The first-order chi connectivity index (χ1) is 15.9. The molecule has 1 atom stereocenters. The van der Waals surface area contributed by atoms with Gasteiger partial charge in [-0.25, -0.2) is 0 Å². The van der Waals surface area contributed by atoms with Gasteiger partial charge < -0.3 is 15.5 Å². The molecule has 3 aromatic carbocycles. The van der Waals surface area contributed by atoms with Crippen molar-refractivity contribution in [3.8, 4) is 0 Å². The van der Waals surface area contributed by atoms with Gasteiger partial charge in [-0.2, -0.15) is 0 Å². The molecule has 33 heavy (non-hydrogen) atoms. The van der Waals surface area contributed by atoms with Gasteiger partial charge in [-0.05, 0) is 79.4 Å². The summed E-state index contributed by atoms with van der Waals surface area (Å²) in [5, 5.41) is 7.41. The molecule has 1 spiro atoms. The van der Waals surface area contributed by atoms with Crippen LogP contribution < -0.4 is 15.5 Å². The van der Waals surface area contributed by atoms with Crippen LogP contribution in [-0.4, -0.2) is 24.9 Å². The minimum absolute atomic E-state index is 0.0576. The predicted octanol–water partition coefficient (Wildman–Crippen LogP) is 5.79. The number of carbonyl (C=O) groups is 2. The molecule has 3 aromatic rings. The molecule has 0 bridgehead atoms. The molecule has 168 valence electrons. The molecule has 0 aromatic heterocycles. The summed E-state index contributed by atoms with van der Waals surface area (Å²) in [6, 6.07) is 18.0. The fourth-order valence-electron chi connectivity index (χ4n) is 4.58. The van der Waals surface area contributed by atoms with Crippen LogP contribution in [0.4, 0.5) is 11.4 Å². The molecule has 2 aliphatic rings. The van der Waals surface area contributed by atoms with Crippen LogP contribution >= 0.6 is 23.2 Å². The highest BCUT2D eigenvalue weighted by Gasteiger charge is 2.47. The molecule has 2 N–H and O–H groups in total. The molecule has 0 radical (unpaired) electrons. The summed E-state index contributed by atoms with van der Waals surface area (Å²) in [5.74, 6) is -0.350. The molecule has 7 heteroatoms. The van der Waals surface area contributed by atoms with Crippen molar-refractivity contribution < 1.29 is 9.59 Å². The van der Waals surface area contributed by atoms with Crippen LogP contribution in [0.1, 0.15) is 44.7 Å². The summed E-state index contributed by atoms with van der Waals surface area (Å²) in [6.07, 6.45) is 1.87. The first-order valence-corrected chi connectivity index (χ1v) is 11.7. The monoisotopic (exact) mass is 479 g/mol. The van der Waals surface area contributed by atoms with E-state index in [0.29, 0.717) is 33.4 Å². The van der Waals surface area contributed by atoms with Gasteiger partial charge in [0.1, 0.15) is 0 Å². The third-order valence-corrected chi connectivity index (χ3v) is 7.00. The second-order valence-corrected chi connectivity index (χ2v) is 9.46. The molecule has 5 rings (SSSR count). The lowest BCUT2D eigenvalue weighted by molar-refractivity contribution is 0.0985. The van der Waals surface area contributed by atoms with Crippen LogP contribution in [0.5, 0.6) is 0 Å². The van der Waals surface area contributed by atoms with Gasteiger partial charge in [0.15, 0.2) is 0 Å². The minimum atomic E-state index is -0.292. The van der Waals surface area contributed by atoms with E-state index in [0.717, 1.165) is 36.2 Å². The van der Waals surface area contributed by atoms with Crippen molar-refractivity contribution in [1.29, 1.82) is 0 Å². The average Bonchev–Trinajstić information content (AvgIpc) is 3.60. The quantitative estimate of drug-likeness (QED) is 0.466. The summed E-state index contributed by atoms with van der Waals surface area (Å²) in [4.78, 5) is 28.1. The normalized spacial score (nSPS) is 19.1. The summed E-state index contributed by atoms with van der Waals surface area (Å²) in [5.41, 5.74) is 4.32. The lowest BCUT2D eigenvalue weighted by Crippen LogP contribution is -2.32. The summed E-state index contributed by atoms with van der Waals surface area (Å²) in [7, 11) is 0. The second kappa shape index (κ2) is 8.49. The number of halogens is 2. The Kier molecular flexibility index (Phi) is 5.65. The van der Waals surface area contributed by atoms with Crippen molar-refractivity contribution in [3.05, 3.63) is 93.0 Å². The van der Waals surface area contributed by atoms with Crippen molar-refractivity contribution in [2.45, 2.75) is 25.3 Å². The maximum absolute atomic E-state index is 13.6. The zero-order valence-electron chi connectivity index (χ0n) is 18.1. The number of hydrogen-bond donors (Lipinski definition) is 2. The molecule has 2 amide bonds. The highest BCUT2D eigenvalue weighted by molar-refractivity contribution is 6.34. The number of anilines is 2. The van der Waals surface area contributed by atoms with Crippen LogP contribution in [0.2, 0.25) is 10.0 Å². The molecular formula is C26H23Cl2N3O2. The second-order valence-electron chi connectivity index (χ2n) is 8.62. The van der Waals surface area contributed by atoms with Crippen LogP contribution in [-0.2, 0) is 5.54 Å². The Hall–Kier alpha value is -2.86. The predicted molar refractivity (Wildman–Crippen MR) is 133 cm³/mol. The molecule has 0 aliphatic carbocycles. The lowest BCUT2D eigenvalue weighted by Gasteiger charge is -2.25. The SMILES string of the molecule is Cc1cc(NC(=O)c2ccccc2Cl)ccc1C(=O)N1CCCC2(CN2)c2cc(Cl)ccc21. The van der Waals surface area contributed by atoms with E-state index < -0.39 is 0 Å². The fraction of sp³-hybridized carbons (Fsp3) is 0.231. The summed E-state index contributed by atoms with van der Waals surface area (Å²) in [6.45, 7) is 3.42. The molecule has 1 fully saturated rings. The number of fused-ring (bicyclic) bond motifs is 2. The Balaban J connectivity index is 1.41. The van der Waals surface area contributed by atoms with Gasteiger partial charge in [0.25, 0.3) is 11.8 Å². The van der Waals surface area contributed by atoms with Gasteiger partial charge in [-0.1, -0.05) is 35.3 Å². The van der Waals surface area contributed by atoms with E-state index in [1.807, 2.05) is 36.1 Å². The van der Waals surface area contributed by atoms with E-state index in [2.05, 4.69) is 10.6 Å². The average molecular weight is 480 g/mol. The largest absolute Gasteiger partial charge is 0.322 e. The number of carbonyl (C=O) groups excluding carboxylic acids is 2. The van der Waals surface area contributed by atoms with Crippen LogP contribution in [0, 0.1) is 6.92 Å². The van der Waals surface area contributed by atoms with Gasteiger partial charge in [0.2, 0.25) is 0 Å². The van der Waals surface area contributed by atoms with Gasteiger partial charge in [-0.15, -0.1) is 0 Å². The number of nitrogens with zero attached hydrogens (tertiary/aromatic N) is 1. The number of rotatable bonds is 3. The Morgan fingerprint density at radius 1 is 1.03 bits per heavy atom. The number of amides is 2. The standard InChI is InChI=1S/C26H23Cl2N3O2/c1-16-13-18(30-24(32)20-5-2-3-6-22(20)28)8-9-19(16)25(33)31-12-4-11-26(15-29-26)21-14-17(27)7-10-23(21)31/h2-3,5-10,13-14,29H,4,11-12,15H2,1H3,(H,30,32). The van der Waals surface area contributed by atoms with Crippen LogP contribution in [0.15, 0.2) is 60.7 Å². The smallest absolute Gasteiger partial charge is 0.258 e. The van der Waals surface area contributed by atoms with Crippen molar-refractivity contribution in [1.82, 2.24) is 5.32 Å². The van der Waals surface area contributed by atoms with Gasteiger partial charge in [0, 0.05) is 35.1 Å². The third kappa shape index (κ3) is 4.12. The van der Waals surface area contributed by atoms with Crippen molar-refractivity contribution in [2.75, 3.05) is 23.3 Å². The van der Waals surface area contributed by atoms with Crippen molar-refractivity contribution in [2.24, 2.45) is 0 Å². The maximum atomic E-state index is 13.6. The van der Waals surface area contributed by atoms with E-state index in [1.54, 1.807) is 36.4 Å². The Morgan fingerprint density at radius 2 is 1.82 bits per heavy atom.